The minimum atomic E-state index is -4.47. The van der Waals surface area contributed by atoms with Gasteiger partial charge in [-0.05, 0) is 5.56 Å². The lowest BCUT2D eigenvalue weighted by Gasteiger charge is -2.09. The van der Waals surface area contributed by atoms with E-state index in [0.29, 0.717) is 0 Å². The van der Waals surface area contributed by atoms with E-state index in [9.17, 15) is 8.42 Å². The van der Waals surface area contributed by atoms with Crippen molar-refractivity contribution < 1.29 is 17.2 Å². The summed E-state index contributed by atoms with van der Waals surface area (Å²) in [6.07, 6.45) is -0.840. The molecule has 14 heavy (non-hydrogen) atoms. The summed E-state index contributed by atoms with van der Waals surface area (Å²) in [6.45, 7) is 0. The van der Waals surface area contributed by atoms with Gasteiger partial charge in [-0.2, -0.15) is 8.42 Å². The van der Waals surface area contributed by atoms with Crippen molar-refractivity contribution in [3.8, 4) is 0 Å². The Morgan fingerprint density at radius 3 is 2.43 bits per heavy atom. The molecule has 78 valence electrons. The van der Waals surface area contributed by atoms with Crippen LogP contribution >= 0.6 is 0 Å². The topological polar surface area (TPSA) is 89.6 Å². The molecular formula is C8H11NO4S. The lowest BCUT2D eigenvalue weighted by atomic mass is 10.1. The summed E-state index contributed by atoms with van der Waals surface area (Å²) in [5.41, 5.74) is 6.17. The molecule has 0 spiro atoms. The Labute approximate surface area is 82.5 Å². The fraction of sp³-hybridized carbons (Fsp3) is 0.250. The molecule has 1 aromatic rings. The molecule has 5 nitrogen and oxygen atoms in total. The Kier molecular flexibility index (Phi) is 3.59. The maximum Gasteiger partial charge on any atom is 0.398 e. The molecule has 0 fully saturated rings. The number of rotatable bonds is 4. The predicted molar refractivity (Wildman–Crippen MR) is 50.8 cm³/mol. The minimum Gasteiger partial charge on any atom is -0.305 e. The zero-order chi connectivity index (χ0) is 10.6. The van der Waals surface area contributed by atoms with Gasteiger partial charge in [0, 0.05) is 6.42 Å². The lowest BCUT2D eigenvalue weighted by Crippen LogP contribution is -2.29. The molecule has 0 aliphatic heterocycles. The quantitative estimate of drug-likeness (QED) is 0.560. The highest BCUT2D eigenvalue weighted by Crippen LogP contribution is 2.03. The summed E-state index contributed by atoms with van der Waals surface area (Å²) in [5, 5.41) is 0. The minimum absolute atomic E-state index is 0.223. The standard InChI is InChI=1S/C8H11NO4S/c9-8(13-14(10,11)12)6-7-4-2-1-3-5-7/h1-5,8H,6,9H2,(H,10,11,12). The van der Waals surface area contributed by atoms with Gasteiger partial charge in [-0.3, -0.25) is 4.55 Å². The number of nitrogens with two attached hydrogens (primary N) is 1. The van der Waals surface area contributed by atoms with E-state index < -0.39 is 16.6 Å². The first-order valence-electron chi connectivity index (χ1n) is 3.92. The van der Waals surface area contributed by atoms with E-state index in [0.717, 1.165) is 5.56 Å². The maximum atomic E-state index is 10.3. The molecule has 0 aliphatic carbocycles. The molecule has 3 N–H and O–H groups in total. The van der Waals surface area contributed by atoms with Crippen LogP contribution in [0.5, 0.6) is 0 Å². The van der Waals surface area contributed by atoms with Crippen LogP contribution in [0.25, 0.3) is 0 Å². The molecule has 0 saturated heterocycles. The van der Waals surface area contributed by atoms with Crippen LogP contribution in [0.1, 0.15) is 5.56 Å². The largest absolute Gasteiger partial charge is 0.398 e. The first kappa shape index (κ1) is 11.1. The van der Waals surface area contributed by atoms with Crippen LogP contribution < -0.4 is 5.73 Å². The van der Waals surface area contributed by atoms with E-state index in [-0.39, 0.29) is 6.42 Å². The predicted octanol–water partition coefficient (Wildman–Crippen LogP) is 0.333. The second kappa shape index (κ2) is 4.52. The van der Waals surface area contributed by atoms with E-state index in [1.165, 1.54) is 0 Å². The van der Waals surface area contributed by atoms with Crippen LogP contribution in [0.4, 0.5) is 0 Å². The molecule has 6 heteroatoms. The third kappa shape index (κ3) is 4.33. The molecular weight excluding hydrogens is 206 g/mol. The molecule has 0 bridgehead atoms. The van der Waals surface area contributed by atoms with Crippen LogP contribution in [0, 0.1) is 0 Å². The molecule has 0 aromatic heterocycles. The van der Waals surface area contributed by atoms with Crippen molar-refractivity contribution in [2.24, 2.45) is 5.73 Å². The molecule has 0 amide bonds. The van der Waals surface area contributed by atoms with Crippen LogP contribution in [0.15, 0.2) is 30.3 Å². The summed E-state index contributed by atoms with van der Waals surface area (Å²) in [5.74, 6) is 0. The van der Waals surface area contributed by atoms with E-state index in [1.807, 2.05) is 6.07 Å². The number of hydrogen-bond donors (Lipinski definition) is 2. The van der Waals surface area contributed by atoms with Crippen LogP contribution in [0.2, 0.25) is 0 Å². The monoisotopic (exact) mass is 217 g/mol. The Morgan fingerprint density at radius 1 is 1.36 bits per heavy atom. The third-order valence-electron chi connectivity index (χ3n) is 1.52. The summed E-state index contributed by atoms with van der Waals surface area (Å²) in [6, 6.07) is 9.00. The van der Waals surface area contributed by atoms with Crippen LogP contribution in [-0.4, -0.2) is 19.2 Å². The van der Waals surface area contributed by atoms with E-state index >= 15 is 0 Å². The molecule has 1 rings (SSSR count). The van der Waals surface area contributed by atoms with Crippen molar-refractivity contribution in [2.75, 3.05) is 0 Å². The van der Waals surface area contributed by atoms with Crippen molar-refractivity contribution in [1.29, 1.82) is 0 Å². The summed E-state index contributed by atoms with van der Waals surface area (Å²) in [4.78, 5) is 0. The van der Waals surface area contributed by atoms with Crippen molar-refractivity contribution in [3.05, 3.63) is 35.9 Å². The number of benzene rings is 1. The van der Waals surface area contributed by atoms with Gasteiger partial charge in [0.2, 0.25) is 0 Å². The van der Waals surface area contributed by atoms with Crippen LogP contribution in [0.3, 0.4) is 0 Å². The Morgan fingerprint density at radius 2 is 1.93 bits per heavy atom. The molecule has 1 aromatic carbocycles. The SMILES string of the molecule is NC(Cc1ccccc1)OS(=O)(=O)O. The highest BCUT2D eigenvalue weighted by atomic mass is 32.3. The van der Waals surface area contributed by atoms with Gasteiger partial charge in [-0.25, -0.2) is 4.18 Å². The van der Waals surface area contributed by atoms with Crippen LogP contribution in [-0.2, 0) is 21.0 Å². The van der Waals surface area contributed by atoms with Crippen molar-refractivity contribution in [3.63, 3.8) is 0 Å². The second-order valence-electron chi connectivity index (χ2n) is 2.75. The Balaban J connectivity index is 2.54. The van der Waals surface area contributed by atoms with Gasteiger partial charge >= 0.3 is 10.4 Å². The highest BCUT2D eigenvalue weighted by molar-refractivity contribution is 7.80. The molecule has 0 saturated carbocycles. The summed E-state index contributed by atoms with van der Waals surface area (Å²) in [7, 11) is -4.47. The van der Waals surface area contributed by atoms with Gasteiger partial charge in [0.15, 0.2) is 0 Å². The average molecular weight is 217 g/mol. The highest BCUT2D eigenvalue weighted by Gasteiger charge is 2.12. The molecule has 0 radical (unpaired) electrons. The first-order valence-corrected chi connectivity index (χ1v) is 5.29. The van der Waals surface area contributed by atoms with Gasteiger partial charge in [0.1, 0.15) is 6.23 Å². The zero-order valence-electron chi connectivity index (χ0n) is 7.33. The molecule has 1 unspecified atom stereocenters. The van der Waals surface area contributed by atoms with Crippen molar-refractivity contribution in [1.82, 2.24) is 0 Å². The normalized spacial score (nSPS) is 13.9. The Hall–Kier alpha value is -0.950. The zero-order valence-corrected chi connectivity index (χ0v) is 8.15. The van der Waals surface area contributed by atoms with Gasteiger partial charge in [-0.15, -0.1) is 0 Å². The van der Waals surface area contributed by atoms with Gasteiger partial charge in [0.05, 0.1) is 0 Å². The average Bonchev–Trinajstić information content (AvgIpc) is 2.02. The van der Waals surface area contributed by atoms with Crippen molar-refractivity contribution in [2.45, 2.75) is 12.6 Å². The van der Waals surface area contributed by atoms with Crippen molar-refractivity contribution >= 4 is 10.4 Å². The first-order chi connectivity index (χ1) is 6.47. The smallest absolute Gasteiger partial charge is 0.305 e. The maximum absolute atomic E-state index is 10.3. The molecule has 0 heterocycles. The van der Waals surface area contributed by atoms with Gasteiger partial charge < -0.3 is 5.73 Å². The summed E-state index contributed by atoms with van der Waals surface area (Å²) < 4.78 is 33.1. The fourth-order valence-corrected chi connectivity index (χ4v) is 1.42. The number of hydrogen-bond acceptors (Lipinski definition) is 4. The second-order valence-corrected chi connectivity index (χ2v) is 3.80. The fourth-order valence-electron chi connectivity index (χ4n) is 1.04. The third-order valence-corrected chi connectivity index (χ3v) is 2.02. The van der Waals surface area contributed by atoms with Gasteiger partial charge in [-0.1, -0.05) is 30.3 Å². The Bertz CT molecular complexity index is 376. The van der Waals surface area contributed by atoms with Gasteiger partial charge in [0.25, 0.3) is 0 Å². The lowest BCUT2D eigenvalue weighted by molar-refractivity contribution is 0.188. The van der Waals surface area contributed by atoms with E-state index in [2.05, 4.69) is 4.18 Å². The summed E-state index contributed by atoms with van der Waals surface area (Å²) >= 11 is 0. The molecule has 1 atom stereocenters. The molecule has 0 aliphatic rings. The van der Waals surface area contributed by atoms with E-state index in [4.69, 9.17) is 10.3 Å². The van der Waals surface area contributed by atoms with E-state index in [1.54, 1.807) is 24.3 Å².